The topological polar surface area (TPSA) is 0 Å². The third-order valence-electron chi connectivity index (χ3n) is 1.30. The van der Waals surface area contributed by atoms with E-state index in [0.717, 1.165) is 0 Å². The fourth-order valence-corrected chi connectivity index (χ4v) is 0.752. The van der Waals surface area contributed by atoms with Gasteiger partial charge >= 0.3 is 12.6 Å². The van der Waals surface area contributed by atoms with E-state index in [-0.39, 0.29) is 0 Å². The van der Waals surface area contributed by atoms with Crippen molar-refractivity contribution in [3.05, 3.63) is 19.1 Å². The highest BCUT2D eigenvalue weighted by Crippen LogP contribution is 2.09. The van der Waals surface area contributed by atoms with Gasteiger partial charge in [-0.05, 0) is 25.7 Å². The molecule has 0 amide bonds. The van der Waals surface area contributed by atoms with Crippen LogP contribution in [0.15, 0.2) is 12.2 Å². The van der Waals surface area contributed by atoms with Gasteiger partial charge in [-0.3, -0.25) is 37.7 Å². The van der Waals surface area contributed by atoms with Crippen LogP contribution in [0.2, 0.25) is 0 Å². The monoisotopic (exact) mass is 403 g/mol. The van der Waals surface area contributed by atoms with Crippen LogP contribution in [0.5, 0.6) is 0 Å². The average Bonchev–Trinajstić information content (AvgIpc) is 1.87. The molecule has 0 aliphatic heterocycles. The number of hydrogen-bond donors (Lipinski definition) is 0. The fraction of sp³-hybridized carbons (Fsp3) is 0.667. The van der Waals surface area contributed by atoms with Crippen molar-refractivity contribution in [2.75, 3.05) is 0 Å². The normalized spacial score (nSPS) is 8.50. The SMILES string of the molecule is [CH2]C(C)CCCC(=C)C.[I][Mg][I]. The van der Waals surface area contributed by atoms with Crippen LogP contribution in [-0.2, 0) is 0 Å². The summed E-state index contributed by atoms with van der Waals surface area (Å²) in [6.45, 7) is 12.0. The first-order valence-electron chi connectivity index (χ1n) is 4.14. The van der Waals surface area contributed by atoms with E-state index in [4.69, 9.17) is 0 Å². The second-order valence-corrected chi connectivity index (χ2v) is 16.6. The Labute approximate surface area is 107 Å². The van der Waals surface area contributed by atoms with Crippen molar-refractivity contribution >= 4 is 50.3 Å². The summed E-state index contributed by atoms with van der Waals surface area (Å²) in [4.78, 5) is 0. The highest BCUT2D eigenvalue weighted by atomic mass is 127. The quantitative estimate of drug-likeness (QED) is 0.366. The highest BCUT2D eigenvalue weighted by molar-refractivity contribution is 14.3. The molecule has 0 fully saturated rings. The van der Waals surface area contributed by atoms with Gasteiger partial charge in [0.05, 0.1) is 0 Å². The van der Waals surface area contributed by atoms with E-state index in [9.17, 15) is 0 Å². The Balaban J connectivity index is 0. The molecule has 3 heteroatoms. The predicted molar refractivity (Wildman–Crippen MR) is 77.0 cm³/mol. The molecule has 0 spiro atoms. The summed E-state index contributed by atoms with van der Waals surface area (Å²) >= 11 is 5.18. The highest BCUT2D eigenvalue weighted by Gasteiger charge is 1.92. The van der Waals surface area contributed by atoms with Gasteiger partial charge in [0.1, 0.15) is 0 Å². The van der Waals surface area contributed by atoms with E-state index in [1.165, 1.54) is 24.8 Å². The molecule has 0 nitrogen and oxygen atoms in total. The van der Waals surface area contributed by atoms with Crippen molar-refractivity contribution in [1.29, 1.82) is 0 Å². The molecule has 0 aromatic heterocycles. The molecule has 0 bridgehead atoms. The Morgan fingerprint density at radius 1 is 1.50 bits per heavy atom. The van der Waals surface area contributed by atoms with Crippen molar-refractivity contribution in [2.45, 2.75) is 33.1 Å². The molecule has 0 heterocycles. The molecular formula is C9H17I2Mg. The van der Waals surface area contributed by atoms with Crippen molar-refractivity contribution in [3.63, 3.8) is 0 Å². The third kappa shape index (κ3) is 22.7. The van der Waals surface area contributed by atoms with Gasteiger partial charge in [-0.2, -0.15) is 0 Å². The van der Waals surface area contributed by atoms with E-state index < -0.39 is 0 Å². The number of allylic oxidation sites excluding steroid dienone is 1. The van der Waals surface area contributed by atoms with Gasteiger partial charge in [0.25, 0.3) is 0 Å². The van der Waals surface area contributed by atoms with Crippen molar-refractivity contribution in [3.8, 4) is 0 Å². The van der Waals surface area contributed by atoms with Crippen LogP contribution in [-0.4, -0.2) is 12.6 Å². The molecule has 0 saturated heterocycles. The van der Waals surface area contributed by atoms with Crippen molar-refractivity contribution < 1.29 is 0 Å². The summed E-state index contributed by atoms with van der Waals surface area (Å²) in [5, 5.41) is 0. The minimum Gasteiger partial charge on any atom is -0.276 e. The summed E-state index contributed by atoms with van der Waals surface area (Å²) in [5.41, 5.74) is 1.29. The molecule has 0 rings (SSSR count). The molecule has 1 atom stereocenters. The van der Waals surface area contributed by atoms with Crippen molar-refractivity contribution in [2.24, 2.45) is 5.92 Å². The minimum absolute atomic E-state index is 0.357. The Kier molecular flexibility index (Phi) is 17.7. The summed E-state index contributed by atoms with van der Waals surface area (Å²) < 4.78 is 0. The van der Waals surface area contributed by atoms with Gasteiger partial charge in [0, 0.05) is 0 Å². The average molecular weight is 403 g/mol. The van der Waals surface area contributed by atoms with Crippen LogP contribution in [0.3, 0.4) is 0 Å². The van der Waals surface area contributed by atoms with E-state index in [0.29, 0.717) is 18.5 Å². The van der Waals surface area contributed by atoms with E-state index in [1.807, 2.05) is 0 Å². The Hall–Kier alpha value is 1.97. The zero-order chi connectivity index (χ0) is 9.98. The lowest BCUT2D eigenvalue weighted by molar-refractivity contribution is 0.602. The van der Waals surface area contributed by atoms with E-state index >= 15 is 0 Å². The van der Waals surface area contributed by atoms with Gasteiger partial charge < -0.3 is 0 Å². The van der Waals surface area contributed by atoms with Crippen LogP contribution in [0, 0.1) is 12.8 Å². The van der Waals surface area contributed by atoms with Crippen LogP contribution in [0.25, 0.3) is 0 Å². The van der Waals surface area contributed by atoms with Crippen molar-refractivity contribution in [1.82, 2.24) is 0 Å². The van der Waals surface area contributed by atoms with Crippen LogP contribution in [0.4, 0.5) is 0 Å². The Bertz CT molecular complexity index is 103. The van der Waals surface area contributed by atoms with E-state index in [1.54, 1.807) is 0 Å². The predicted octanol–water partition coefficient (Wildman–Crippen LogP) is 4.59. The minimum atomic E-state index is 0.357. The van der Waals surface area contributed by atoms with Crippen LogP contribution in [0.1, 0.15) is 33.1 Å². The maximum absolute atomic E-state index is 3.91. The summed E-state index contributed by atoms with van der Waals surface area (Å²) in [6.07, 6.45) is 3.65. The number of halogens is 2. The number of hydrogen-bond acceptors (Lipinski definition) is 0. The molecule has 12 heavy (non-hydrogen) atoms. The third-order valence-corrected chi connectivity index (χ3v) is 1.30. The van der Waals surface area contributed by atoms with Gasteiger partial charge in [0.15, 0.2) is 0 Å². The van der Waals surface area contributed by atoms with Gasteiger partial charge in [-0.25, -0.2) is 0 Å². The van der Waals surface area contributed by atoms with Crippen LogP contribution >= 0.6 is 37.7 Å². The van der Waals surface area contributed by atoms with Gasteiger partial charge in [-0.15, -0.1) is 6.58 Å². The molecule has 0 saturated carbocycles. The molecule has 0 aromatic rings. The van der Waals surface area contributed by atoms with E-state index in [2.05, 4.69) is 65.1 Å². The fourth-order valence-electron chi connectivity index (χ4n) is 0.752. The molecule has 1 unspecified atom stereocenters. The standard InChI is InChI=1S/C9H17.2HI.Mg/c1-8(2)6-5-7-9(3)4;;;/h8H,1,3,5-7H2,2,4H3;2*1H;/q;;;+2/p-2. The smallest absolute Gasteiger partial charge is 0.276 e. The first-order chi connectivity index (χ1) is 5.54. The first-order valence-corrected chi connectivity index (χ1v) is 14.4. The molecule has 1 radical (unpaired) electrons. The van der Waals surface area contributed by atoms with Gasteiger partial charge in [-0.1, -0.05) is 25.8 Å². The molecule has 0 N–H and O–H groups in total. The lowest BCUT2D eigenvalue weighted by atomic mass is 10.0. The zero-order valence-electron chi connectivity index (χ0n) is 8.08. The number of rotatable bonds is 4. The molecule has 0 aliphatic rings. The molecule has 0 aromatic carbocycles. The maximum Gasteiger partial charge on any atom is 0.552 e. The molecule has 69 valence electrons. The Morgan fingerprint density at radius 3 is 2.17 bits per heavy atom. The summed E-state index contributed by atoms with van der Waals surface area (Å²) in [7, 11) is 0. The Morgan fingerprint density at radius 2 is 1.92 bits per heavy atom. The first kappa shape index (κ1) is 16.4. The zero-order valence-corrected chi connectivity index (χ0v) is 13.8. The van der Waals surface area contributed by atoms with Gasteiger partial charge in [0.2, 0.25) is 0 Å². The molecular weight excluding hydrogens is 386 g/mol. The maximum atomic E-state index is 3.91. The lowest BCUT2D eigenvalue weighted by Gasteiger charge is -2.02. The summed E-state index contributed by atoms with van der Waals surface area (Å²) in [5.74, 6) is 0.601. The second-order valence-electron chi connectivity index (χ2n) is 3.06. The lowest BCUT2D eigenvalue weighted by Crippen LogP contribution is -1.86. The summed E-state index contributed by atoms with van der Waals surface area (Å²) in [6, 6.07) is 0. The molecule has 0 aliphatic carbocycles. The van der Waals surface area contributed by atoms with Crippen LogP contribution < -0.4 is 0 Å². The largest absolute Gasteiger partial charge is 0.552 e. The second kappa shape index (κ2) is 13.0.